The van der Waals surface area contributed by atoms with E-state index in [1.807, 2.05) is 50.2 Å². The van der Waals surface area contributed by atoms with E-state index in [0.29, 0.717) is 17.9 Å². The van der Waals surface area contributed by atoms with Crippen LogP contribution in [0.5, 0.6) is 0 Å². The fourth-order valence-electron chi connectivity index (χ4n) is 4.64. The molecular weight excluding hydrogens is 360 g/mol. The molecule has 0 bridgehead atoms. The second kappa shape index (κ2) is 6.79. The highest BCUT2D eigenvalue weighted by atomic mass is 35.5. The number of benzene rings is 2. The molecule has 2 fully saturated rings. The first-order chi connectivity index (χ1) is 12.9. The van der Waals surface area contributed by atoms with E-state index in [-0.39, 0.29) is 11.8 Å². The number of ketones is 1. The minimum atomic E-state index is -0.894. The number of carbonyl (C=O) groups excluding carboxylic acids is 2. The van der Waals surface area contributed by atoms with Crippen LogP contribution >= 0.6 is 11.6 Å². The molecule has 0 amide bonds. The third kappa shape index (κ3) is 2.98. The van der Waals surface area contributed by atoms with E-state index in [4.69, 9.17) is 16.3 Å². The highest BCUT2D eigenvalue weighted by molar-refractivity contribution is 6.30. The molecule has 3 nitrogen and oxygen atoms in total. The van der Waals surface area contributed by atoms with Gasteiger partial charge >= 0.3 is 5.97 Å². The van der Waals surface area contributed by atoms with E-state index < -0.39 is 11.5 Å². The van der Waals surface area contributed by atoms with Crippen LogP contribution in [-0.2, 0) is 14.3 Å². The highest BCUT2D eigenvalue weighted by Gasteiger charge is 2.56. The minimum absolute atomic E-state index is 0.0494. The largest absolute Gasteiger partial charge is 0.450 e. The summed E-state index contributed by atoms with van der Waals surface area (Å²) >= 11 is 6.01. The summed E-state index contributed by atoms with van der Waals surface area (Å²) in [7, 11) is 0. The lowest BCUT2D eigenvalue weighted by Gasteiger charge is -2.30. The van der Waals surface area contributed by atoms with Crippen molar-refractivity contribution in [1.82, 2.24) is 0 Å². The minimum Gasteiger partial charge on any atom is -0.450 e. The fourth-order valence-corrected chi connectivity index (χ4v) is 4.77. The Kier molecular flexibility index (Phi) is 4.59. The molecule has 140 valence electrons. The van der Waals surface area contributed by atoms with Crippen LogP contribution in [0.1, 0.15) is 54.7 Å². The third-order valence-electron chi connectivity index (χ3n) is 6.08. The van der Waals surface area contributed by atoms with Crippen LogP contribution in [0.15, 0.2) is 36.4 Å². The SMILES string of the molecule is Cc1ccc(-c2ccc(Cl)cc2)c(C)c1C1C(=O)OC2(CCCCC2)C1=O. The van der Waals surface area contributed by atoms with Crippen molar-refractivity contribution in [3.05, 3.63) is 58.1 Å². The number of esters is 1. The summed E-state index contributed by atoms with van der Waals surface area (Å²) in [6.45, 7) is 3.94. The zero-order chi connectivity index (χ0) is 19.2. The number of ether oxygens (including phenoxy) is 1. The number of hydrogen-bond donors (Lipinski definition) is 0. The van der Waals surface area contributed by atoms with Crippen molar-refractivity contribution in [2.45, 2.75) is 57.5 Å². The van der Waals surface area contributed by atoms with Crippen LogP contribution in [0.2, 0.25) is 5.02 Å². The Morgan fingerprint density at radius 1 is 0.963 bits per heavy atom. The zero-order valence-electron chi connectivity index (χ0n) is 15.7. The molecule has 1 saturated carbocycles. The van der Waals surface area contributed by atoms with Crippen LogP contribution in [0.4, 0.5) is 0 Å². The summed E-state index contributed by atoms with van der Waals surface area (Å²) in [5.41, 5.74) is 3.85. The van der Waals surface area contributed by atoms with Crippen LogP contribution in [-0.4, -0.2) is 17.4 Å². The second-order valence-electron chi connectivity index (χ2n) is 7.75. The van der Waals surface area contributed by atoms with E-state index in [0.717, 1.165) is 47.1 Å². The van der Waals surface area contributed by atoms with Crippen molar-refractivity contribution in [1.29, 1.82) is 0 Å². The summed E-state index contributed by atoms with van der Waals surface area (Å²) in [5.74, 6) is -1.25. The molecule has 1 unspecified atom stereocenters. The Morgan fingerprint density at radius 3 is 2.30 bits per heavy atom. The van der Waals surface area contributed by atoms with Gasteiger partial charge in [-0.05, 0) is 79.5 Å². The van der Waals surface area contributed by atoms with Crippen molar-refractivity contribution in [2.24, 2.45) is 0 Å². The maximum absolute atomic E-state index is 13.3. The first kappa shape index (κ1) is 18.2. The molecule has 1 aliphatic carbocycles. The molecule has 0 N–H and O–H groups in total. The van der Waals surface area contributed by atoms with Crippen LogP contribution in [0.25, 0.3) is 11.1 Å². The smallest absolute Gasteiger partial charge is 0.322 e. The topological polar surface area (TPSA) is 43.4 Å². The van der Waals surface area contributed by atoms with Crippen molar-refractivity contribution >= 4 is 23.4 Å². The monoisotopic (exact) mass is 382 g/mol. The molecule has 0 aromatic heterocycles. The van der Waals surface area contributed by atoms with Gasteiger partial charge in [-0.25, -0.2) is 0 Å². The Bertz CT molecular complexity index is 908. The Morgan fingerprint density at radius 2 is 1.63 bits per heavy atom. The molecule has 1 saturated heterocycles. The van der Waals surface area contributed by atoms with Gasteiger partial charge in [-0.2, -0.15) is 0 Å². The van der Waals surface area contributed by atoms with E-state index in [9.17, 15) is 9.59 Å². The fraction of sp³-hybridized carbons (Fsp3) is 0.391. The van der Waals surface area contributed by atoms with Gasteiger partial charge in [-0.1, -0.05) is 42.3 Å². The molecule has 1 aliphatic heterocycles. The van der Waals surface area contributed by atoms with Gasteiger partial charge in [-0.3, -0.25) is 9.59 Å². The molecule has 1 atom stereocenters. The average Bonchev–Trinajstić information content (AvgIpc) is 2.88. The Balaban J connectivity index is 1.79. The maximum Gasteiger partial charge on any atom is 0.322 e. The van der Waals surface area contributed by atoms with Crippen LogP contribution in [0, 0.1) is 13.8 Å². The molecule has 27 heavy (non-hydrogen) atoms. The van der Waals surface area contributed by atoms with Gasteiger partial charge in [0.25, 0.3) is 0 Å². The van der Waals surface area contributed by atoms with Crippen molar-refractivity contribution in [3.63, 3.8) is 0 Å². The molecule has 2 aromatic carbocycles. The standard InChI is InChI=1S/C23H23ClO3/c1-14-6-11-18(16-7-9-17(24)10-8-16)15(2)19(14)20-21(25)23(27-22(20)26)12-4-3-5-13-23/h6-11,20H,3-5,12-13H2,1-2H3. The number of Topliss-reactive ketones (excluding diaryl/α,β-unsaturated/α-hetero) is 1. The molecule has 4 heteroatoms. The summed E-state index contributed by atoms with van der Waals surface area (Å²) < 4.78 is 5.73. The van der Waals surface area contributed by atoms with Gasteiger partial charge in [0, 0.05) is 5.02 Å². The van der Waals surface area contributed by atoms with E-state index >= 15 is 0 Å². The van der Waals surface area contributed by atoms with Gasteiger partial charge in [0.1, 0.15) is 5.92 Å². The summed E-state index contributed by atoms with van der Waals surface area (Å²) in [6, 6.07) is 11.6. The van der Waals surface area contributed by atoms with E-state index in [1.54, 1.807) is 0 Å². The summed E-state index contributed by atoms with van der Waals surface area (Å²) in [5, 5.41) is 0.678. The van der Waals surface area contributed by atoms with Crippen molar-refractivity contribution in [3.8, 4) is 11.1 Å². The molecule has 4 rings (SSSR count). The van der Waals surface area contributed by atoms with Gasteiger partial charge in [0.2, 0.25) is 0 Å². The van der Waals surface area contributed by atoms with Crippen molar-refractivity contribution < 1.29 is 14.3 Å². The normalized spacial score (nSPS) is 21.5. The zero-order valence-corrected chi connectivity index (χ0v) is 16.4. The van der Waals surface area contributed by atoms with Gasteiger partial charge < -0.3 is 4.74 Å². The number of carbonyl (C=O) groups is 2. The lowest BCUT2D eigenvalue weighted by atomic mass is 9.76. The Labute approximate surface area is 164 Å². The number of hydrogen-bond acceptors (Lipinski definition) is 3. The second-order valence-corrected chi connectivity index (χ2v) is 8.19. The molecule has 2 aromatic rings. The molecule has 1 spiro atoms. The lowest BCUT2D eigenvalue weighted by Crippen LogP contribution is -2.39. The average molecular weight is 383 g/mol. The predicted molar refractivity (Wildman–Crippen MR) is 106 cm³/mol. The van der Waals surface area contributed by atoms with E-state index in [1.165, 1.54) is 0 Å². The summed E-state index contributed by atoms with van der Waals surface area (Å²) in [6.07, 6.45) is 4.29. The number of halogens is 1. The van der Waals surface area contributed by atoms with Crippen molar-refractivity contribution in [2.75, 3.05) is 0 Å². The number of rotatable bonds is 2. The quantitative estimate of drug-likeness (QED) is 0.506. The number of aryl methyl sites for hydroxylation is 1. The van der Waals surface area contributed by atoms with Crippen LogP contribution in [0.3, 0.4) is 0 Å². The third-order valence-corrected chi connectivity index (χ3v) is 6.33. The van der Waals surface area contributed by atoms with E-state index in [2.05, 4.69) is 0 Å². The van der Waals surface area contributed by atoms with Crippen LogP contribution < -0.4 is 0 Å². The van der Waals surface area contributed by atoms with Gasteiger partial charge in [0.15, 0.2) is 11.4 Å². The van der Waals surface area contributed by atoms with Gasteiger partial charge in [0.05, 0.1) is 0 Å². The first-order valence-electron chi connectivity index (χ1n) is 9.56. The Hall–Kier alpha value is -2.13. The van der Waals surface area contributed by atoms with Gasteiger partial charge in [-0.15, -0.1) is 0 Å². The molecule has 2 aliphatic rings. The maximum atomic E-state index is 13.3. The predicted octanol–water partition coefficient (Wildman–Crippen LogP) is 5.54. The highest BCUT2D eigenvalue weighted by Crippen LogP contribution is 2.45. The molecule has 0 radical (unpaired) electrons. The molecule has 1 heterocycles. The summed E-state index contributed by atoms with van der Waals surface area (Å²) in [4.78, 5) is 26.1. The molecular formula is C23H23ClO3. The lowest BCUT2D eigenvalue weighted by molar-refractivity contribution is -0.154. The first-order valence-corrected chi connectivity index (χ1v) is 9.94.